The molecule has 0 saturated heterocycles. The third kappa shape index (κ3) is 8.36. The lowest BCUT2D eigenvalue weighted by atomic mass is 10.2. The van der Waals surface area contributed by atoms with E-state index < -0.39 is 0 Å². The van der Waals surface area contributed by atoms with E-state index in [1.54, 1.807) is 0 Å². The molecule has 0 radical (unpaired) electrons. The van der Waals surface area contributed by atoms with Crippen LogP contribution in [0.25, 0.3) is 0 Å². The topological polar surface area (TPSA) is 63.5 Å². The summed E-state index contributed by atoms with van der Waals surface area (Å²) in [6, 6.07) is 0. The molecule has 1 aromatic rings. The fourth-order valence-electron chi connectivity index (χ4n) is 1.63. The monoisotopic (exact) mass is 395 g/mol. The fraction of sp³-hybridized carbons (Fsp3) is 0.692. The molecule has 0 fully saturated rings. The van der Waals surface area contributed by atoms with E-state index in [-0.39, 0.29) is 24.0 Å². The average Bonchev–Trinajstić information content (AvgIpc) is 2.80. The van der Waals surface area contributed by atoms with Crippen molar-refractivity contribution in [3.05, 3.63) is 18.0 Å². The predicted octanol–water partition coefficient (Wildman–Crippen LogP) is 1.17. The lowest BCUT2D eigenvalue weighted by Crippen LogP contribution is -2.38. The van der Waals surface area contributed by atoms with Crippen molar-refractivity contribution < 1.29 is 4.74 Å². The first kappa shape index (κ1) is 19.2. The minimum atomic E-state index is 0. The van der Waals surface area contributed by atoms with Gasteiger partial charge in [-0.1, -0.05) is 0 Å². The van der Waals surface area contributed by atoms with Crippen LogP contribution < -0.4 is 10.6 Å². The third-order valence-electron chi connectivity index (χ3n) is 2.52. The second-order valence-electron chi connectivity index (χ2n) is 4.16. The Morgan fingerprint density at radius 1 is 1.40 bits per heavy atom. The van der Waals surface area contributed by atoms with Crippen LogP contribution in [-0.2, 0) is 18.2 Å². The molecule has 1 aromatic heterocycles. The van der Waals surface area contributed by atoms with Crippen LogP contribution in [-0.4, -0.2) is 48.6 Å². The summed E-state index contributed by atoms with van der Waals surface area (Å²) >= 11 is 0. The smallest absolute Gasteiger partial charge is 0.191 e. The predicted molar refractivity (Wildman–Crippen MR) is 92.8 cm³/mol. The highest BCUT2D eigenvalue weighted by atomic mass is 127. The number of aryl methyl sites for hydroxylation is 1. The van der Waals surface area contributed by atoms with Gasteiger partial charge in [0.1, 0.15) is 0 Å². The Hall–Kier alpha value is -0.830. The van der Waals surface area contributed by atoms with Crippen LogP contribution in [0.1, 0.15) is 19.4 Å². The van der Waals surface area contributed by atoms with Crippen molar-refractivity contribution >= 4 is 29.9 Å². The third-order valence-corrected chi connectivity index (χ3v) is 2.52. The van der Waals surface area contributed by atoms with Gasteiger partial charge >= 0.3 is 0 Å². The summed E-state index contributed by atoms with van der Waals surface area (Å²) in [5.74, 6) is 0.839. The number of hydrogen-bond donors (Lipinski definition) is 2. The first-order valence-corrected chi connectivity index (χ1v) is 6.83. The molecule has 0 aromatic carbocycles. The van der Waals surface area contributed by atoms with Gasteiger partial charge in [-0.3, -0.25) is 9.67 Å². The number of guanidine groups is 1. The highest BCUT2D eigenvalue weighted by molar-refractivity contribution is 14.0. The molecule has 2 N–H and O–H groups in total. The van der Waals surface area contributed by atoms with Gasteiger partial charge in [-0.25, -0.2) is 0 Å². The maximum absolute atomic E-state index is 5.26. The van der Waals surface area contributed by atoms with Crippen molar-refractivity contribution in [1.29, 1.82) is 0 Å². The van der Waals surface area contributed by atoms with Crippen molar-refractivity contribution in [1.82, 2.24) is 20.4 Å². The van der Waals surface area contributed by atoms with Gasteiger partial charge < -0.3 is 15.4 Å². The van der Waals surface area contributed by atoms with E-state index in [1.165, 1.54) is 5.56 Å². The van der Waals surface area contributed by atoms with E-state index in [9.17, 15) is 0 Å². The molecule has 0 aliphatic heterocycles. The maximum atomic E-state index is 5.26. The van der Waals surface area contributed by atoms with Gasteiger partial charge in [0.15, 0.2) is 5.96 Å². The van der Waals surface area contributed by atoms with Crippen molar-refractivity contribution in [2.45, 2.75) is 20.3 Å². The molecule has 0 amide bonds. The second-order valence-corrected chi connectivity index (χ2v) is 4.16. The van der Waals surface area contributed by atoms with Gasteiger partial charge in [-0.05, 0) is 25.8 Å². The Kier molecular flexibility index (Phi) is 11.5. The molecule has 0 aliphatic rings. The minimum absolute atomic E-state index is 0. The number of aromatic nitrogens is 2. The van der Waals surface area contributed by atoms with Crippen LogP contribution in [0.5, 0.6) is 0 Å². The minimum Gasteiger partial charge on any atom is -0.380 e. The number of ether oxygens (including phenoxy) is 1. The summed E-state index contributed by atoms with van der Waals surface area (Å²) < 4.78 is 7.08. The van der Waals surface area contributed by atoms with E-state index in [4.69, 9.17) is 4.74 Å². The van der Waals surface area contributed by atoms with Crippen LogP contribution in [0, 0.1) is 0 Å². The zero-order valence-electron chi connectivity index (χ0n) is 12.6. The summed E-state index contributed by atoms with van der Waals surface area (Å²) in [6.45, 7) is 7.81. The summed E-state index contributed by atoms with van der Waals surface area (Å²) in [6.07, 6.45) is 4.85. The van der Waals surface area contributed by atoms with Crippen LogP contribution in [0.3, 0.4) is 0 Å². The van der Waals surface area contributed by atoms with Crippen LogP contribution >= 0.6 is 24.0 Å². The molecule has 1 rings (SSSR count). The van der Waals surface area contributed by atoms with E-state index in [2.05, 4.69) is 27.6 Å². The standard InChI is InChI=1S/C13H25N5O.HI/c1-4-14-13(16-8-9-19-5-2)15-7-6-12-10-17-18(3)11-12;/h10-11H,4-9H2,1-3H3,(H2,14,15,16);1H. The van der Waals surface area contributed by atoms with Gasteiger partial charge in [-0.2, -0.15) is 5.10 Å². The molecular formula is C13H26IN5O. The first-order valence-electron chi connectivity index (χ1n) is 6.83. The molecule has 0 bridgehead atoms. The van der Waals surface area contributed by atoms with E-state index in [1.807, 2.05) is 31.0 Å². The van der Waals surface area contributed by atoms with E-state index in [0.717, 1.165) is 32.1 Å². The van der Waals surface area contributed by atoms with Gasteiger partial charge in [0.25, 0.3) is 0 Å². The number of nitrogens with one attached hydrogen (secondary N) is 2. The molecule has 0 atom stereocenters. The quantitative estimate of drug-likeness (QED) is 0.300. The molecule has 0 spiro atoms. The maximum Gasteiger partial charge on any atom is 0.191 e. The number of nitrogens with zero attached hydrogens (tertiary/aromatic N) is 3. The highest BCUT2D eigenvalue weighted by Crippen LogP contribution is 1.95. The normalized spacial score (nSPS) is 11.1. The van der Waals surface area contributed by atoms with Crippen LogP contribution in [0.15, 0.2) is 17.4 Å². The van der Waals surface area contributed by atoms with Crippen LogP contribution in [0.4, 0.5) is 0 Å². The summed E-state index contributed by atoms with van der Waals surface area (Å²) in [5, 5.41) is 10.7. The lowest BCUT2D eigenvalue weighted by Gasteiger charge is -2.10. The number of aliphatic imine (C=N–C) groups is 1. The van der Waals surface area contributed by atoms with Gasteiger partial charge in [0.05, 0.1) is 19.3 Å². The first-order chi connectivity index (χ1) is 9.26. The Morgan fingerprint density at radius 3 is 2.80 bits per heavy atom. The largest absolute Gasteiger partial charge is 0.380 e. The second kappa shape index (κ2) is 12.0. The number of hydrogen-bond acceptors (Lipinski definition) is 3. The lowest BCUT2D eigenvalue weighted by molar-refractivity contribution is 0.155. The Labute approximate surface area is 138 Å². The molecule has 0 saturated carbocycles. The Morgan fingerprint density at radius 2 is 2.20 bits per heavy atom. The van der Waals surface area contributed by atoms with E-state index in [0.29, 0.717) is 13.2 Å². The molecule has 1 heterocycles. The van der Waals surface area contributed by atoms with Crippen LogP contribution in [0.2, 0.25) is 0 Å². The summed E-state index contributed by atoms with van der Waals surface area (Å²) in [4.78, 5) is 4.44. The zero-order chi connectivity index (χ0) is 13.9. The van der Waals surface area contributed by atoms with Gasteiger partial charge in [0, 0.05) is 32.9 Å². The summed E-state index contributed by atoms with van der Waals surface area (Å²) in [7, 11) is 1.93. The molecular weight excluding hydrogens is 369 g/mol. The van der Waals surface area contributed by atoms with Crippen molar-refractivity contribution in [3.63, 3.8) is 0 Å². The Balaban J connectivity index is 0.00000361. The molecule has 6 nitrogen and oxygen atoms in total. The highest BCUT2D eigenvalue weighted by Gasteiger charge is 1.99. The molecule has 116 valence electrons. The van der Waals surface area contributed by atoms with Crippen molar-refractivity contribution in [2.24, 2.45) is 12.0 Å². The Bertz CT molecular complexity index is 381. The molecule has 7 heteroatoms. The molecule has 0 aliphatic carbocycles. The fourth-order valence-corrected chi connectivity index (χ4v) is 1.63. The summed E-state index contributed by atoms with van der Waals surface area (Å²) in [5.41, 5.74) is 1.22. The van der Waals surface area contributed by atoms with Gasteiger partial charge in [0.2, 0.25) is 0 Å². The van der Waals surface area contributed by atoms with Crippen molar-refractivity contribution in [3.8, 4) is 0 Å². The number of rotatable bonds is 8. The molecule has 0 unspecified atom stereocenters. The molecule has 20 heavy (non-hydrogen) atoms. The van der Waals surface area contributed by atoms with E-state index >= 15 is 0 Å². The SMILES string of the molecule is CCNC(=NCCOCC)NCCc1cnn(C)c1.I. The van der Waals surface area contributed by atoms with Crippen molar-refractivity contribution in [2.75, 3.05) is 32.8 Å². The van der Waals surface area contributed by atoms with Gasteiger partial charge in [-0.15, -0.1) is 24.0 Å². The average molecular weight is 395 g/mol. The zero-order valence-corrected chi connectivity index (χ0v) is 14.9. The number of halogens is 1.